The number of piperazine rings is 1. The highest BCUT2D eigenvalue weighted by molar-refractivity contribution is 7.87. The van der Waals surface area contributed by atoms with E-state index < -0.39 is 10.2 Å². The van der Waals surface area contributed by atoms with E-state index in [4.69, 9.17) is 0 Å². The van der Waals surface area contributed by atoms with Crippen molar-refractivity contribution in [1.29, 1.82) is 0 Å². The number of nitrogens with one attached hydrogen (secondary N) is 1. The molecule has 2 aliphatic rings. The lowest BCUT2D eigenvalue weighted by Gasteiger charge is -2.34. The van der Waals surface area contributed by atoms with Crippen molar-refractivity contribution >= 4 is 16.1 Å². The fraction of sp³-hybridized carbons (Fsp3) is 0.611. The first kappa shape index (κ1) is 19.3. The summed E-state index contributed by atoms with van der Waals surface area (Å²) in [5, 5.41) is 0. The number of hydrogen-bond acceptors (Lipinski definition) is 3. The molecule has 1 aromatic rings. The van der Waals surface area contributed by atoms with Crippen LogP contribution in [0.2, 0.25) is 0 Å². The van der Waals surface area contributed by atoms with Crippen LogP contribution in [0.25, 0.3) is 0 Å². The maximum absolute atomic E-state index is 13.6. The van der Waals surface area contributed by atoms with Gasteiger partial charge in [0.15, 0.2) is 0 Å². The highest BCUT2D eigenvalue weighted by Crippen LogP contribution is 2.19. The van der Waals surface area contributed by atoms with Crippen molar-refractivity contribution in [3.8, 4) is 0 Å². The number of carbonyl (C=O) groups is 1. The van der Waals surface area contributed by atoms with Crippen LogP contribution in [-0.4, -0.2) is 55.8 Å². The van der Waals surface area contributed by atoms with Crippen molar-refractivity contribution < 1.29 is 17.6 Å². The highest BCUT2D eigenvalue weighted by atomic mass is 32.2. The molecular weight excluding hydrogens is 357 g/mol. The lowest BCUT2D eigenvalue weighted by molar-refractivity contribution is -0.132. The van der Waals surface area contributed by atoms with Crippen LogP contribution in [0, 0.1) is 5.82 Å². The van der Waals surface area contributed by atoms with Gasteiger partial charge in [0, 0.05) is 38.6 Å². The Balaban J connectivity index is 1.46. The number of benzene rings is 1. The third-order valence-corrected chi connectivity index (χ3v) is 6.84. The molecule has 1 aliphatic heterocycles. The monoisotopic (exact) mass is 383 g/mol. The molecule has 1 saturated heterocycles. The second kappa shape index (κ2) is 8.45. The average molecular weight is 383 g/mol. The van der Waals surface area contributed by atoms with E-state index in [2.05, 4.69) is 4.72 Å². The fourth-order valence-electron chi connectivity index (χ4n) is 3.61. The number of carbonyl (C=O) groups excluding carboxylic acids is 1. The van der Waals surface area contributed by atoms with Gasteiger partial charge < -0.3 is 4.90 Å². The standard InChI is InChI=1S/C18H26FN3O3S/c19-17-8-4-1-5-15(17)9-10-18(23)21-11-13-22(14-12-21)26(24,25)20-16-6-2-3-7-16/h1,4-5,8,16,20H,2-3,6-7,9-14H2. The molecule has 1 aromatic carbocycles. The van der Waals surface area contributed by atoms with Gasteiger partial charge >= 0.3 is 0 Å². The second-order valence-electron chi connectivity index (χ2n) is 6.98. The number of rotatable bonds is 6. The van der Waals surface area contributed by atoms with E-state index in [1.807, 2.05) is 0 Å². The van der Waals surface area contributed by atoms with Crippen LogP contribution in [-0.2, 0) is 21.4 Å². The van der Waals surface area contributed by atoms with Gasteiger partial charge in [-0.25, -0.2) is 4.39 Å². The summed E-state index contributed by atoms with van der Waals surface area (Å²) in [6, 6.07) is 6.49. The Morgan fingerprint density at radius 2 is 1.77 bits per heavy atom. The van der Waals surface area contributed by atoms with E-state index in [-0.39, 0.29) is 24.2 Å². The first-order valence-electron chi connectivity index (χ1n) is 9.24. The molecule has 1 heterocycles. The Hall–Kier alpha value is -1.51. The molecule has 0 unspecified atom stereocenters. The Bertz CT molecular complexity index is 727. The third-order valence-electron chi connectivity index (χ3n) is 5.17. The summed E-state index contributed by atoms with van der Waals surface area (Å²) in [4.78, 5) is 14.0. The molecule has 1 amide bonds. The number of aryl methyl sites for hydroxylation is 1. The molecule has 1 aliphatic carbocycles. The number of hydrogen-bond donors (Lipinski definition) is 1. The minimum atomic E-state index is -3.48. The largest absolute Gasteiger partial charge is 0.340 e. The normalized spacial score (nSPS) is 19.8. The summed E-state index contributed by atoms with van der Waals surface area (Å²) < 4.78 is 42.7. The predicted octanol–water partition coefficient (Wildman–Crippen LogP) is 1.68. The van der Waals surface area contributed by atoms with Crippen molar-refractivity contribution in [1.82, 2.24) is 13.9 Å². The summed E-state index contributed by atoms with van der Waals surface area (Å²) in [5.74, 6) is -0.358. The quantitative estimate of drug-likeness (QED) is 0.813. The first-order valence-corrected chi connectivity index (χ1v) is 10.7. The lowest BCUT2D eigenvalue weighted by Crippen LogP contribution is -2.54. The van der Waals surface area contributed by atoms with Gasteiger partial charge in [0.25, 0.3) is 10.2 Å². The molecule has 0 atom stereocenters. The molecule has 1 saturated carbocycles. The summed E-state index contributed by atoms with van der Waals surface area (Å²) in [7, 11) is -3.48. The number of halogens is 1. The van der Waals surface area contributed by atoms with E-state index in [9.17, 15) is 17.6 Å². The van der Waals surface area contributed by atoms with Crippen LogP contribution in [0.5, 0.6) is 0 Å². The molecule has 144 valence electrons. The van der Waals surface area contributed by atoms with Gasteiger partial charge in [-0.05, 0) is 30.9 Å². The molecule has 8 heteroatoms. The fourth-order valence-corrected chi connectivity index (χ4v) is 5.06. The predicted molar refractivity (Wildman–Crippen MR) is 97.2 cm³/mol. The zero-order valence-electron chi connectivity index (χ0n) is 14.9. The Morgan fingerprint density at radius 3 is 2.42 bits per heavy atom. The Morgan fingerprint density at radius 1 is 1.12 bits per heavy atom. The van der Waals surface area contributed by atoms with Crippen LogP contribution < -0.4 is 4.72 Å². The topological polar surface area (TPSA) is 69.7 Å². The van der Waals surface area contributed by atoms with E-state index in [1.54, 1.807) is 23.1 Å². The van der Waals surface area contributed by atoms with Gasteiger partial charge in [-0.15, -0.1) is 0 Å². The SMILES string of the molecule is O=C(CCc1ccccc1F)N1CCN(S(=O)(=O)NC2CCCC2)CC1. The highest BCUT2D eigenvalue weighted by Gasteiger charge is 2.31. The summed E-state index contributed by atoms with van der Waals surface area (Å²) >= 11 is 0. The smallest absolute Gasteiger partial charge is 0.279 e. The van der Waals surface area contributed by atoms with Crippen LogP contribution in [0.3, 0.4) is 0 Å². The molecule has 1 N–H and O–H groups in total. The molecule has 0 radical (unpaired) electrons. The summed E-state index contributed by atoms with van der Waals surface area (Å²) in [6.07, 6.45) is 4.51. The number of amides is 1. The Kier molecular flexibility index (Phi) is 6.26. The van der Waals surface area contributed by atoms with Crippen LogP contribution in [0.15, 0.2) is 24.3 Å². The van der Waals surface area contributed by atoms with E-state index in [0.29, 0.717) is 38.2 Å². The lowest BCUT2D eigenvalue weighted by atomic mass is 10.1. The van der Waals surface area contributed by atoms with Crippen LogP contribution in [0.1, 0.15) is 37.7 Å². The van der Waals surface area contributed by atoms with E-state index in [1.165, 1.54) is 10.4 Å². The van der Waals surface area contributed by atoms with Gasteiger partial charge in [-0.1, -0.05) is 31.0 Å². The van der Waals surface area contributed by atoms with Gasteiger partial charge in [-0.3, -0.25) is 4.79 Å². The molecule has 3 rings (SSSR count). The van der Waals surface area contributed by atoms with Gasteiger partial charge in [0.1, 0.15) is 5.82 Å². The molecule has 26 heavy (non-hydrogen) atoms. The zero-order chi connectivity index (χ0) is 18.6. The van der Waals surface area contributed by atoms with Crippen molar-refractivity contribution in [3.05, 3.63) is 35.6 Å². The zero-order valence-corrected chi connectivity index (χ0v) is 15.7. The molecule has 0 spiro atoms. The molecule has 0 aromatic heterocycles. The maximum Gasteiger partial charge on any atom is 0.279 e. The van der Waals surface area contributed by atoms with Crippen LogP contribution in [0.4, 0.5) is 4.39 Å². The van der Waals surface area contributed by atoms with Gasteiger partial charge in [0.05, 0.1) is 0 Å². The summed E-state index contributed by atoms with van der Waals surface area (Å²) in [5.41, 5.74) is 0.530. The number of nitrogens with zero attached hydrogens (tertiary/aromatic N) is 2. The Labute approximate surface area is 154 Å². The maximum atomic E-state index is 13.6. The molecule has 2 fully saturated rings. The van der Waals surface area contributed by atoms with Gasteiger partial charge in [0.2, 0.25) is 5.91 Å². The van der Waals surface area contributed by atoms with Crippen molar-refractivity contribution in [2.24, 2.45) is 0 Å². The van der Waals surface area contributed by atoms with Crippen molar-refractivity contribution in [2.45, 2.75) is 44.6 Å². The molecule has 6 nitrogen and oxygen atoms in total. The van der Waals surface area contributed by atoms with E-state index >= 15 is 0 Å². The third kappa shape index (κ3) is 4.81. The van der Waals surface area contributed by atoms with Crippen LogP contribution >= 0.6 is 0 Å². The second-order valence-corrected chi connectivity index (χ2v) is 8.68. The van der Waals surface area contributed by atoms with Crippen molar-refractivity contribution in [3.63, 3.8) is 0 Å². The molecular formula is C18H26FN3O3S. The minimum Gasteiger partial charge on any atom is -0.340 e. The average Bonchev–Trinajstić information content (AvgIpc) is 3.13. The minimum absolute atomic E-state index is 0.0421. The summed E-state index contributed by atoms with van der Waals surface area (Å²) in [6.45, 7) is 1.35. The first-order chi connectivity index (χ1) is 12.5. The van der Waals surface area contributed by atoms with Crippen molar-refractivity contribution in [2.75, 3.05) is 26.2 Å². The van der Waals surface area contributed by atoms with Gasteiger partial charge in [-0.2, -0.15) is 17.4 Å². The molecule has 0 bridgehead atoms. The van der Waals surface area contributed by atoms with E-state index in [0.717, 1.165) is 25.7 Å².